The molecule has 0 radical (unpaired) electrons. The van der Waals surface area contributed by atoms with Crippen LogP contribution >= 0.6 is 0 Å². The lowest BCUT2D eigenvalue weighted by Gasteiger charge is -2.28. The monoisotopic (exact) mass is 556 g/mol. The highest BCUT2D eigenvalue weighted by Crippen LogP contribution is 2.30. The van der Waals surface area contributed by atoms with Crippen molar-refractivity contribution in [3.8, 4) is 0 Å². The number of nitrogens with zero attached hydrogens (tertiary/aromatic N) is 3. The average molecular weight is 557 g/mol. The van der Waals surface area contributed by atoms with E-state index in [9.17, 15) is 18.0 Å². The predicted molar refractivity (Wildman–Crippen MR) is 147 cm³/mol. The van der Waals surface area contributed by atoms with Crippen LogP contribution < -0.4 is 16.2 Å². The molecule has 0 bridgehead atoms. The van der Waals surface area contributed by atoms with Gasteiger partial charge in [-0.2, -0.15) is 0 Å². The number of ether oxygens (including phenoxy) is 1. The number of amides is 2. The minimum atomic E-state index is -3.82. The summed E-state index contributed by atoms with van der Waals surface area (Å²) in [6.07, 6.45) is 6.46. The maximum absolute atomic E-state index is 13.0. The number of rotatable bonds is 8. The fourth-order valence-electron chi connectivity index (χ4n) is 4.59. The van der Waals surface area contributed by atoms with Crippen LogP contribution in [0, 0.1) is 18.8 Å². The number of aryl methyl sites for hydroxylation is 1. The molecule has 1 fully saturated rings. The highest BCUT2D eigenvalue weighted by atomic mass is 32.2. The number of hydrazine groups is 1. The molecule has 3 N–H and O–H groups in total. The molecule has 0 aliphatic heterocycles. The maximum atomic E-state index is 13.0. The Labute approximate surface area is 228 Å². The number of aromatic nitrogens is 3. The SMILES string of the molecule is Cc1ccc(S(=O)(=O)n2ccc3nc(NNC(=O)CC4CCC(CNC(=O)OC(C)(C)C)CC4)cnc32)cc1. The second-order valence-corrected chi connectivity index (χ2v) is 12.9. The van der Waals surface area contributed by atoms with Gasteiger partial charge < -0.3 is 10.1 Å². The highest BCUT2D eigenvalue weighted by molar-refractivity contribution is 7.90. The molecular formula is C27H36N6O5S. The Morgan fingerprint density at radius 2 is 1.72 bits per heavy atom. The molecule has 4 rings (SSSR count). The molecule has 1 aromatic carbocycles. The lowest BCUT2D eigenvalue weighted by atomic mass is 9.80. The van der Waals surface area contributed by atoms with Crippen LogP contribution in [0.25, 0.3) is 11.2 Å². The van der Waals surface area contributed by atoms with E-state index in [0.717, 1.165) is 35.2 Å². The van der Waals surface area contributed by atoms with Crippen molar-refractivity contribution in [1.82, 2.24) is 24.7 Å². The van der Waals surface area contributed by atoms with Crippen molar-refractivity contribution >= 4 is 39.0 Å². The first-order valence-electron chi connectivity index (χ1n) is 13.1. The Morgan fingerprint density at radius 1 is 1.05 bits per heavy atom. The van der Waals surface area contributed by atoms with Crippen molar-refractivity contribution in [2.45, 2.75) is 70.3 Å². The van der Waals surface area contributed by atoms with Gasteiger partial charge in [0.25, 0.3) is 10.0 Å². The summed E-state index contributed by atoms with van der Waals surface area (Å²) in [6, 6.07) is 8.16. The van der Waals surface area contributed by atoms with E-state index in [1.54, 1.807) is 30.3 Å². The van der Waals surface area contributed by atoms with E-state index < -0.39 is 21.7 Å². The molecule has 3 aromatic rings. The van der Waals surface area contributed by atoms with Gasteiger partial charge in [-0.1, -0.05) is 17.7 Å². The molecule has 210 valence electrons. The number of hydrogen-bond donors (Lipinski definition) is 3. The molecule has 1 aliphatic rings. The van der Waals surface area contributed by atoms with Crippen LogP contribution in [0.5, 0.6) is 0 Å². The van der Waals surface area contributed by atoms with E-state index in [-0.39, 0.29) is 22.4 Å². The summed E-state index contributed by atoms with van der Waals surface area (Å²) >= 11 is 0. The molecule has 0 saturated heterocycles. The lowest BCUT2D eigenvalue weighted by molar-refractivity contribution is -0.121. The molecule has 0 atom stereocenters. The van der Waals surface area contributed by atoms with Gasteiger partial charge in [0.15, 0.2) is 11.5 Å². The first-order valence-corrected chi connectivity index (χ1v) is 14.5. The zero-order chi connectivity index (χ0) is 28.2. The van der Waals surface area contributed by atoms with Crippen LogP contribution in [-0.2, 0) is 19.6 Å². The van der Waals surface area contributed by atoms with Crippen LogP contribution in [0.4, 0.5) is 10.6 Å². The maximum Gasteiger partial charge on any atom is 0.407 e. The van der Waals surface area contributed by atoms with Gasteiger partial charge in [0.2, 0.25) is 5.91 Å². The Kier molecular flexibility index (Phi) is 8.43. The Bertz CT molecular complexity index is 1420. The number of fused-ring (bicyclic) bond motifs is 1. The Morgan fingerprint density at radius 3 is 2.38 bits per heavy atom. The predicted octanol–water partition coefficient (Wildman–Crippen LogP) is 4.14. The molecule has 1 aliphatic carbocycles. The Balaban J connectivity index is 1.25. The van der Waals surface area contributed by atoms with Crippen LogP contribution in [0.15, 0.2) is 47.6 Å². The number of benzene rings is 1. The van der Waals surface area contributed by atoms with E-state index in [1.165, 1.54) is 12.4 Å². The van der Waals surface area contributed by atoms with E-state index in [2.05, 4.69) is 26.1 Å². The minimum absolute atomic E-state index is 0.160. The molecule has 2 aromatic heterocycles. The number of carbonyl (C=O) groups excluding carboxylic acids is 2. The summed E-state index contributed by atoms with van der Waals surface area (Å²) in [5.41, 5.74) is 6.46. The zero-order valence-electron chi connectivity index (χ0n) is 22.7. The number of hydrogen-bond acceptors (Lipinski definition) is 8. The van der Waals surface area contributed by atoms with E-state index in [1.807, 2.05) is 27.7 Å². The third-order valence-corrected chi connectivity index (χ3v) is 8.32. The van der Waals surface area contributed by atoms with Crippen molar-refractivity contribution in [2.24, 2.45) is 11.8 Å². The standard InChI is InChI=1S/C27H36N6O5S/c1-18-5-11-21(12-6-18)39(36,37)33-14-13-22-25(33)28-17-23(30-22)31-32-24(34)15-19-7-9-20(10-8-19)16-29-26(35)38-27(2,3)4/h5-6,11-14,17,19-20H,7-10,15-16H2,1-4H3,(H,29,35)(H,30,31)(H,32,34). The second-order valence-electron chi connectivity index (χ2n) is 11.0. The van der Waals surface area contributed by atoms with Crippen LogP contribution in [0.2, 0.25) is 0 Å². The molecule has 12 heteroatoms. The van der Waals surface area contributed by atoms with Gasteiger partial charge in [-0.3, -0.25) is 15.6 Å². The number of nitrogens with one attached hydrogen (secondary N) is 3. The minimum Gasteiger partial charge on any atom is -0.444 e. The normalized spacial score (nSPS) is 17.9. The molecule has 0 spiro atoms. The highest BCUT2D eigenvalue weighted by Gasteiger charge is 2.25. The summed E-state index contributed by atoms with van der Waals surface area (Å²) in [7, 11) is -3.82. The fourth-order valence-corrected chi connectivity index (χ4v) is 5.89. The van der Waals surface area contributed by atoms with E-state index >= 15 is 0 Å². The van der Waals surface area contributed by atoms with Crippen molar-refractivity contribution in [3.63, 3.8) is 0 Å². The van der Waals surface area contributed by atoms with Gasteiger partial charge in [-0.25, -0.2) is 27.2 Å². The van der Waals surface area contributed by atoms with Gasteiger partial charge in [0.1, 0.15) is 11.1 Å². The first-order chi connectivity index (χ1) is 18.4. The largest absolute Gasteiger partial charge is 0.444 e. The van der Waals surface area contributed by atoms with Crippen molar-refractivity contribution in [2.75, 3.05) is 12.0 Å². The van der Waals surface area contributed by atoms with E-state index in [4.69, 9.17) is 4.74 Å². The summed E-state index contributed by atoms with van der Waals surface area (Å²) < 4.78 is 32.5. The molecule has 2 amide bonds. The summed E-state index contributed by atoms with van der Waals surface area (Å²) in [4.78, 5) is 33.2. The van der Waals surface area contributed by atoms with Gasteiger partial charge in [-0.15, -0.1) is 0 Å². The van der Waals surface area contributed by atoms with Crippen LogP contribution in [0.1, 0.15) is 58.4 Å². The second kappa shape index (κ2) is 11.6. The first kappa shape index (κ1) is 28.3. The molecule has 1 saturated carbocycles. The van der Waals surface area contributed by atoms with Gasteiger partial charge in [0.05, 0.1) is 11.1 Å². The van der Waals surface area contributed by atoms with Gasteiger partial charge in [-0.05, 0) is 83.4 Å². The molecular weight excluding hydrogens is 520 g/mol. The number of anilines is 1. The molecule has 0 unspecified atom stereocenters. The summed E-state index contributed by atoms with van der Waals surface area (Å²) in [6.45, 7) is 7.96. The summed E-state index contributed by atoms with van der Waals surface area (Å²) in [5, 5.41) is 2.84. The Hall–Kier alpha value is -3.67. The molecule has 11 nitrogen and oxygen atoms in total. The van der Waals surface area contributed by atoms with Gasteiger partial charge >= 0.3 is 6.09 Å². The topological polar surface area (TPSA) is 144 Å². The van der Waals surface area contributed by atoms with Crippen LogP contribution in [-0.4, -0.2) is 46.5 Å². The van der Waals surface area contributed by atoms with E-state index in [0.29, 0.717) is 30.2 Å². The van der Waals surface area contributed by atoms with Crippen molar-refractivity contribution in [3.05, 3.63) is 48.3 Å². The number of alkyl carbamates (subject to hydrolysis) is 1. The average Bonchev–Trinajstić information content (AvgIpc) is 3.31. The quantitative estimate of drug-likeness (QED) is 0.351. The number of carbonyl (C=O) groups is 2. The van der Waals surface area contributed by atoms with Crippen molar-refractivity contribution in [1.29, 1.82) is 0 Å². The third-order valence-electron chi connectivity index (χ3n) is 6.64. The molecule has 2 heterocycles. The van der Waals surface area contributed by atoms with Gasteiger partial charge in [0, 0.05) is 19.2 Å². The smallest absolute Gasteiger partial charge is 0.407 e. The van der Waals surface area contributed by atoms with Crippen LogP contribution in [0.3, 0.4) is 0 Å². The van der Waals surface area contributed by atoms with Crippen molar-refractivity contribution < 1.29 is 22.7 Å². The zero-order valence-corrected chi connectivity index (χ0v) is 23.5. The third kappa shape index (κ3) is 7.47. The lowest BCUT2D eigenvalue weighted by Crippen LogP contribution is -2.36. The summed E-state index contributed by atoms with van der Waals surface area (Å²) in [5.74, 6) is 0.781. The molecule has 39 heavy (non-hydrogen) atoms. The fraction of sp³-hybridized carbons (Fsp3) is 0.481.